The van der Waals surface area contributed by atoms with Gasteiger partial charge in [-0.2, -0.15) is 5.26 Å². The summed E-state index contributed by atoms with van der Waals surface area (Å²) in [6.45, 7) is 3.91. The van der Waals surface area contributed by atoms with Crippen molar-refractivity contribution < 1.29 is 8.42 Å². The monoisotopic (exact) mass is 286 g/mol. The van der Waals surface area contributed by atoms with E-state index in [2.05, 4.69) is 4.72 Å². The highest BCUT2D eigenvalue weighted by Gasteiger charge is 2.14. The first-order valence-corrected chi connectivity index (χ1v) is 7.57. The molecule has 1 aromatic rings. The molecule has 0 saturated heterocycles. The Morgan fingerprint density at radius 1 is 1.44 bits per heavy atom. The fourth-order valence-electron chi connectivity index (χ4n) is 1.31. The largest absolute Gasteiger partial charge is 0.282 e. The summed E-state index contributed by atoms with van der Waals surface area (Å²) in [5.74, 6) is 0.332. The predicted molar refractivity (Wildman–Crippen MR) is 73.0 cm³/mol. The standard InChI is InChI=1S/C12H15ClN2O2S/c1-9(2)5-6-18(16,17)15-12-7-11(13)4-3-10(12)8-14/h3-4,7,9,15H,5-6H2,1-2H3. The van der Waals surface area contributed by atoms with Gasteiger partial charge in [-0.3, -0.25) is 4.72 Å². The van der Waals surface area contributed by atoms with Crippen LogP contribution in [0.2, 0.25) is 5.02 Å². The number of nitriles is 1. The Labute approximate surface area is 113 Å². The summed E-state index contributed by atoms with van der Waals surface area (Å²) in [4.78, 5) is 0. The normalized spacial score (nSPS) is 11.3. The van der Waals surface area contributed by atoms with Crippen LogP contribution in [0.5, 0.6) is 0 Å². The molecule has 0 fully saturated rings. The molecule has 6 heteroatoms. The molecule has 0 aliphatic heterocycles. The Kier molecular flexibility index (Phi) is 5.00. The lowest BCUT2D eigenvalue weighted by molar-refractivity contribution is 0.578. The molecule has 4 nitrogen and oxygen atoms in total. The maximum absolute atomic E-state index is 11.8. The SMILES string of the molecule is CC(C)CCS(=O)(=O)Nc1cc(Cl)ccc1C#N. The zero-order valence-electron chi connectivity index (χ0n) is 10.3. The summed E-state index contributed by atoms with van der Waals surface area (Å²) in [6.07, 6.45) is 0.567. The Hall–Kier alpha value is -1.25. The van der Waals surface area contributed by atoms with E-state index < -0.39 is 10.0 Å². The van der Waals surface area contributed by atoms with Gasteiger partial charge in [0.25, 0.3) is 0 Å². The summed E-state index contributed by atoms with van der Waals surface area (Å²) in [5, 5.41) is 9.28. The van der Waals surface area contributed by atoms with E-state index in [1.807, 2.05) is 19.9 Å². The van der Waals surface area contributed by atoms with Gasteiger partial charge < -0.3 is 0 Å². The predicted octanol–water partition coefficient (Wildman–Crippen LogP) is 3.00. The quantitative estimate of drug-likeness (QED) is 0.904. The first-order valence-electron chi connectivity index (χ1n) is 5.54. The molecule has 18 heavy (non-hydrogen) atoms. The highest BCUT2D eigenvalue weighted by molar-refractivity contribution is 7.92. The molecule has 0 unspecified atom stereocenters. The second kappa shape index (κ2) is 6.07. The van der Waals surface area contributed by atoms with Crippen molar-refractivity contribution in [3.05, 3.63) is 28.8 Å². The van der Waals surface area contributed by atoms with Crippen LogP contribution in [-0.2, 0) is 10.0 Å². The Morgan fingerprint density at radius 2 is 2.11 bits per heavy atom. The second-order valence-corrected chi connectivity index (χ2v) is 6.68. The van der Waals surface area contributed by atoms with Gasteiger partial charge in [0, 0.05) is 5.02 Å². The van der Waals surface area contributed by atoms with Gasteiger partial charge in [0.15, 0.2) is 0 Å². The first-order chi connectivity index (χ1) is 8.34. The molecular formula is C12H15ClN2O2S. The molecule has 0 heterocycles. The molecule has 1 N–H and O–H groups in total. The van der Waals surface area contributed by atoms with Crippen molar-refractivity contribution in [2.75, 3.05) is 10.5 Å². The summed E-state index contributed by atoms with van der Waals surface area (Å²) < 4.78 is 26.0. The van der Waals surface area contributed by atoms with Gasteiger partial charge in [-0.25, -0.2) is 8.42 Å². The molecule has 0 amide bonds. The Morgan fingerprint density at radius 3 is 2.67 bits per heavy atom. The summed E-state index contributed by atoms with van der Waals surface area (Å²) in [5.41, 5.74) is 0.487. The lowest BCUT2D eigenvalue weighted by Gasteiger charge is -2.10. The third-order valence-corrected chi connectivity index (χ3v) is 3.87. The van der Waals surface area contributed by atoms with E-state index in [4.69, 9.17) is 16.9 Å². The number of hydrogen-bond acceptors (Lipinski definition) is 3. The van der Waals surface area contributed by atoms with Crippen LogP contribution in [-0.4, -0.2) is 14.2 Å². The van der Waals surface area contributed by atoms with Crippen LogP contribution in [0.15, 0.2) is 18.2 Å². The number of nitrogens with one attached hydrogen (secondary N) is 1. The maximum Gasteiger partial charge on any atom is 0.232 e. The number of nitrogens with zero attached hydrogens (tertiary/aromatic N) is 1. The number of rotatable bonds is 5. The molecule has 0 aromatic heterocycles. The van der Waals surface area contributed by atoms with Crippen molar-refractivity contribution in [3.8, 4) is 6.07 Å². The smallest absolute Gasteiger partial charge is 0.232 e. The highest BCUT2D eigenvalue weighted by Crippen LogP contribution is 2.21. The fourth-order valence-corrected chi connectivity index (χ4v) is 2.87. The van der Waals surface area contributed by atoms with Crippen LogP contribution in [0, 0.1) is 17.2 Å². The van der Waals surface area contributed by atoms with Gasteiger partial charge in [0.1, 0.15) is 6.07 Å². The minimum atomic E-state index is -3.44. The molecule has 0 saturated carbocycles. The van der Waals surface area contributed by atoms with Crippen LogP contribution in [0.1, 0.15) is 25.8 Å². The van der Waals surface area contributed by atoms with E-state index >= 15 is 0 Å². The van der Waals surface area contributed by atoms with Gasteiger partial charge in [-0.1, -0.05) is 25.4 Å². The van der Waals surface area contributed by atoms with E-state index in [1.165, 1.54) is 12.1 Å². The van der Waals surface area contributed by atoms with Crippen LogP contribution < -0.4 is 4.72 Å². The number of halogens is 1. The summed E-state index contributed by atoms with van der Waals surface area (Å²) in [6, 6.07) is 6.40. The van der Waals surface area contributed by atoms with E-state index in [1.54, 1.807) is 6.07 Å². The zero-order valence-corrected chi connectivity index (χ0v) is 11.8. The fraction of sp³-hybridized carbons (Fsp3) is 0.417. The van der Waals surface area contributed by atoms with E-state index in [9.17, 15) is 8.42 Å². The van der Waals surface area contributed by atoms with Crippen LogP contribution in [0.3, 0.4) is 0 Å². The van der Waals surface area contributed by atoms with E-state index in [0.717, 1.165) is 0 Å². The van der Waals surface area contributed by atoms with Gasteiger partial charge >= 0.3 is 0 Å². The maximum atomic E-state index is 11.8. The highest BCUT2D eigenvalue weighted by atomic mass is 35.5. The van der Waals surface area contributed by atoms with Crippen molar-refractivity contribution in [1.82, 2.24) is 0 Å². The molecular weight excluding hydrogens is 272 g/mol. The van der Waals surface area contributed by atoms with Crippen LogP contribution in [0.25, 0.3) is 0 Å². The lowest BCUT2D eigenvalue weighted by Crippen LogP contribution is -2.18. The molecule has 0 radical (unpaired) electrons. The number of sulfonamides is 1. The molecule has 0 spiro atoms. The average molecular weight is 287 g/mol. The van der Waals surface area contributed by atoms with Crippen molar-refractivity contribution in [1.29, 1.82) is 5.26 Å². The summed E-state index contributed by atoms with van der Waals surface area (Å²) >= 11 is 5.79. The minimum absolute atomic E-state index is 0.0298. The zero-order chi connectivity index (χ0) is 13.8. The Balaban J connectivity index is 2.90. The third-order valence-electron chi connectivity index (χ3n) is 2.33. The van der Waals surface area contributed by atoms with Crippen molar-refractivity contribution >= 4 is 27.3 Å². The van der Waals surface area contributed by atoms with Gasteiger partial charge in [-0.15, -0.1) is 0 Å². The van der Waals surface area contributed by atoms with Crippen molar-refractivity contribution in [2.24, 2.45) is 5.92 Å². The number of anilines is 1. The first kappa shape index (κ1) is 14.8. The van der Waals surface area contributed by atoms with Gasteiger partial charge in [0.05, 0.1) is 17.0 Å². The molecule has 0 bridgehead atoms. The lowest BCUT2D eigenvalue weighted by atomic mass is 10.2. The minimum Gasteiger partial charge on any atom is -0.282 e. The van der Waals surface area contributed by atoms with E-state index in [-0.39, 0.29) is 17.0 Å². The summed E-state index contributed by atoms with van der Waals surface area (Å²) in [7, 11) is -3.44. The molecule has 98 valence electrons. The average Bonchev–Trinajstić information content (AvgIpc) is 2.26. The third kappa shape index (κ3) is 4.55. The topological polar surface area (TPSA) is 70.0 Å². The van der Waals surface area contributed by atoms with Crippen molar-refractivity contribution in [3.63, 3.8) is 0 Å². The number of benzene rings is 1. The van der Waals surface area contributed by atoms with Gasteiger partial charge in [0.2, 0.25) is 10.0 Å². The molecule has 1 aromatic carbocycles. The van der Waals surface area contributed by atoms with Crippen LogP contribution >= 0.6 is 11.6 Å². The number of hydrogen-bond donors (Lipinski definition) is 1. The van der Waals surface area contributed by atoms with Crippen LogP contribution in [0.4, 0.5) is 5.69 Å². The molecule has 1 rings (SSSR count). The second-order valence-electron chi connectivity index (χ2n) is 4.41. The molecule has 0 atom stereocenters. The van der Waals surface area contributed by atoms with Crippen molar-refractivity contribution in [2.45, 2.75) is 20.3 Å². The molecule has 0 aliphatic rings. The van der Waals surface area contributed by atoms with E-state index in [0.29, 0.717) is 17.4 Å². The van der Waals surface area contributed by atoms with Gasteiger partial charge in [-0.05, 0) is 30.5 Å². The molecule has 0 aliphatic carbocycles. The Bertz CT molecular complexity index is 562.